The molecule has 0 radical (unpaired) electrons. The van der Waals surface area contributed by atoms with E-state index in [0.717, 1.165) is 15.6 Å². The molecule has 4 heterocycles. The number of hydrazine groups is 1. The maximum atomic E-state index is 14.0. The summed E-state index contributed by atoms with van der Waals surface area (Å²) in [5.74, 6) is -1.95. The van der Waals surface area contributed by atoms with Gasteiger partial charge in [0.2, 0.25) is 5.91 Å². The topological polar surface area (TPSA) is 106 Å². The number of fused-ring (bicyclic) bond motifs is 1. The standard InChI is InChI=1S/C22H21FN6O4/c23-17-12-24-5-3-18(17)27-9-7-26(8-10-27)13-14-1-2-15-16(11-14)21(32)29(20(15)31)28-6-4-19(30)25-22(28)33/h1-3,5,11-12H,4,6-10,13H2,(H,25,30,33). The van der Waals surface area contributed by atoms with Crippen LogP contribution in [-0.4, -0.2) is 76.4 Å². The van der Waals surface area contributed by atoms with E-state index < -0.39 is 23.8 Å². The lowest BCUT2D eigenvalue weighted by Crippen LogP contribution is -2.58. The Hall–Kier alpha value is -3.86. The summed E-state index contributed by atoms with van der Waals surface area (Å²) in [4.78, 5) is 57.2. The molecule has 0 unspecified atom stereocenters. The number of aromatic nitrogens is 1. The van der Waals surface area contributed by atoms with Gasteiger partial charge in [-0.1, -0.05) is 6.07 Å². The van der Waals surface area contributed by atoms with Crippen molar-refractivity contribution in [3.63, 3.8) is 0 Å². The van der Waals surface area contributed by atoms with Gasteiger partial charge in [0.25, 0.3) is 11.8 Å². The Kier molecular flexibility index (Phi) is 5.25. The number of halogens is 1. The van der Waals surface area contributed by atoms with E-state index in [1.165, 1.54) is 6.20 Å². The zero-order valence-corrected chi connectivity index (χ0v) is 17.7. The molecule has 170 valence electrons. The van der Waals surface area contributed by atoms with E-state index in [0.29, 0.717) is 38.4 Å². The van der Waals surface area contributed by atoms with Crippen molar-refractivity contribution in [2.24, 2.45) is 0 Å². The monoisotopic (exact) mass is 452 g/mol. The Morgan fingerprint density at radius 2 is 1.70 bits per heavy atom. The van der Waals surface area contributed by atoms with Crippen molar-refractivity contribution >= 4 is 29.4 Å². The van der Waals surface area contributed by atoms with Crippen LogP contribution in [0.15, 0.2) is 36.7 Å². The Morgan fingerprint density at radius 1 is 0.939 bits per heavy atom. The number of carbonyl (C=O) groups is 4. The van der Waals surface area contributed by atoms with Crippen molar-refractivity contribution < 1.29 is 23.6 Å². The van der Waals surface area contributed by atoms with Crippen LogP contribution < -0.4 is 10.2 Å². The third-order valence-corrected chi connectivity index (χ3v) is 6.07. The van der Waals surface area contributed by atoms with E-state index in [2.05, 4.69) is 15.2 Å². The van der Waals surface area contributed by atoms with Gasteiger partial charge < -0.3 is 4.90 Å². The van der Waals surface area contributed by atoms with Gasteiger partial charge in [0, 0.05) is 45.3 Å². The number of anilines is 1. The number of pyridine rings is 1. The Bertz CT molecular complexity index is 1160. The van der Waals surface area contributed by atoms with Crippen molar-refractivity contribution in [3.05, 3.63) is 59.2 Å². The van der Waals surface area contributed by atoms with Crippen LogP contribution in [0.25, 0.3) is 0 Å². The zero-order valence-electron chi connectivity index (χ0n) is 17.7. The number of benzene rings is 1. The second kappa shape index (κ2) is 8.24. The Labute approximate surface area is 188 Å². The molecule has 0 saturated carbocycles. The number of nitrogens with one attached hydrogen (secondary N) is 1. The van der Waals surface area contributed by atoms with Gasteiger partial charge in [-0.05, 0) is 23.8 Å². The van der Waals surface area contributed by atoms with Crippen molar-refractivity contribution in [2.45, 2.75) is 13.0 Å². The van der Waals surface area contributed by atoms with Crippen LogP contribution in [0.1, 0.15) is 32.7 Å². The van der Waals surface area contributed by atoms with E-state index >= 15 is 0 Å². The highest BCUT2D eigenvalue weighted by Gasteiger charge is 2.43. The molecule has 1 N–H and O–H groups in total. The summed E-state index contributed by atoms with van der Waals surface area (Å²) in [6, 6.07) is 5.95. The number of nitrogens with zero attached hydrogens (tertiary/aromatic N) is 5. The van der Waals surface area contributed by atoms with Crippen molar-refractivity contribution in [3.8, 4) is 0 Å². The first kappa shape index (κ1) is 21.0. The number of imide groups is 2. The van der Waals surface area contributed by atoms with Gasteiger partial charge in [-0.2, -0.15) is 5.01 Å². The second-order valence-electron chi connectivity index (χ2n) is 8.12. The fourth-order valence-electron chi connectivity index (χ4n) is 4.37. The van der Waals surface area contributed by atoms with Gasteiger partial charge in [-0.3, -0.25) is 29.6 Å². The van der Waals surface area contributed by atoms with E-state index in [9.17, 15) is 23.6 Å². The molecule has 2 fully saturated rings. The molecular formula is C22H21FN6O4. The van der Waals surface area contributed by atoms with E-state index in [1.54, 1.807) is 30.5 Å². The molecule has 0 spiro atoms. The number of piperazine rings is 1. The summed E-state index contributed by atoms with van der Waals surface area (Å²) in [6.07, 6.45) is 2.79. The normalized spacial score (nSPS) is 19.2. The van der Waals surface area contributed by atoms with Gasteiger partial charge >= 0.3 is 6.03 Å². The van der Waals surface area contributed by atoms with Crippen molar-refractivity contribution in [1.82, 2.24) is 25.2 Å². The van der Waals surface area contributed by atoms with Crippen LogP contribution in [0.5, 0.6) is 0 Å². The third kappa shape index (κ3) is 3.80. The fraction of sp³-hybridized carbons (Fsp3) is 0.318. The molecule has 11 heteroatoms. The van der Waals surface area contributed by atoms with Crippen LogP contribution in [0.4, 0.5) is 14.9 Å². The van der Waals surface area contributed by atoms with E-state index in [-0.39, 0.29) is 29.9 Å². The molecule has 0 aliphatic carbocycles. The first-order valence-electron chi connectivity index (χ1n) is 10.6. The maximum Gasteiger partial charge on any atom is 0.343 e. The minimum atomic E-state index is -0.788. The maximum absolute atomic E-state index is 14.0. The Balaban J connectivity index is 1.26. The molecule has 1 aromatic carbocycles. The summed E-state index contributed by atoms with van der Waals surface area (Å²) in [7, 11) is 0. The predicted octanol–water partition coefficient (Wildman–Crippen LogP) is 0.996. The van der Waals surface area contributed by atoms with Gasteiger partial charge in [-0.25, -0.2) is 14.2 Å². The summed E-state index contributed by atoms with van der Waals surface area (Å²) in [5, 5.41) is 3.90. The molecule has 5 rings (SSSR count). The molecule has 3 aliphatic rings. The molecule has 3 aliphatic heterocycles. The van der Waals surface area contributed by atoms with Crippen LogP contribution in [0.3, 0.4) is 0 Å². The van der Waals surface area contributed by atoms with E-state index in [4.69, 9.17) is 0 Å². The molecule has 0 atom stereocenters. The van der Waals surface area contributed by atoms with Gasteiger partial charge in [0.1, 0.15) is 0 Å². The predicted molar refractivity (Wildman–Crippen MR) is 113 cm³/mol. The molecule has 10 nitrogen and oxygen atoms in total. The van der Waals surface area contributed by atoms with Crippen LogP contribution in [0, 0.1) is 5.82 Å². The number of rotatable bonds is 4. The lowest BCUT2D eigenvalue weighted by molar-refractivity contribution is -0.122. The zero-order chi connectivity index (χ0) is 23.1. The average molecular weight is 452 g/mol. The molecule has 2 aromatic rings. The number of amides is 5. The number of urea groups is 1. The third-order valence-electron chi connectivity index (χ3n) is 6.07. The Morgan fingerprint density at radius 3 is 2.42 bits per heavy atom. The first-order chi connectivity index (χ1) is 15.9. The SMILES string of the molecule is O=C1CCN(N2C(=O)c3ccc(CN4CCN(c5ccncc5F)CC4)cc3C2=O)C(=O)N1. The minimum absolute atomic E-state index is 0.0137. The average Bonchev–Trinajstić information content (AvgIpc) is 3.05. The van der Waals surface area contributed by atoms with Crippen LogP contribution >= 0.6 is 0 Å². The highest BCUT2D eigenvalue weighted by Crippen LogP contribution is 2.27. The summed E-state index contributed by atoms with van der Waals surface area (Å²) in [6.45, 7) is 3.25. The van der Waals surface area contributed by atoms with E-state index in [1.807, 2.05) is 4.90 Å². The quantitative estimate of drug-likeness (QED) is 0.690. The first-order valence-corrected chi connectivity index (χ1v) is 10.6. The molecular weight excluding hydrogens is 431 g/mol. The lowest BCUT2D eigenvalue weighted by atomic mass is 10.1. The summed E-state index contributed by atoms with van der Waals surface area (Å²) >= 11 is 0. The molecule has 0 bridgehead atoms. The number of hydrogen-bond donors (Lipinski definition) is 1. The molecule has 2 saturated heterocycles. The smallest absolute Gasteiger partial charge is 0.343 e. The molecule has 5 amide bonds. The van der Waals surface area contributed by atoms with Crippen LogP contribution in [0.2, 0.25) is 0 Å². The highest BCUT2D eigenvalue weighted by molar-refractivity contribution is 6.22. The van der Waals surface area contributed by atoms with Crippen molar-refractivity contribution in [1.29, 1.82) is 0 Å². The second-order valence-corrected chi connectivity index (χ2v) is 8.12. The van der Waals surface area contributed by atoms with Gasteiger partial charge in [-0.15, -0.1) is 0 Å². The summed E-state index contributed by atoms with van der Waals surface area (Å²) in [5.41, 5.74) is 1.86. The largest absolute Gasteiger partial charge is 0.367 e. The summed E-state index contributed by atoms with van der Waals surface area (Å²) < 4.78 is 14.0. The van der Waals surface area contributed by atoms with Gasteiger partial charge in [0.15, 0.2) is 5.82 Å². The van der Waals surface area contributed by atoms with Crippen LogP contribution in [-0.2, 0) is 11.3 Å². The highest BCUT2D eigenvalue weighted by atomic mass is 19.1. The van der Waals surface area contributed by atoms with Crippen molar-refractivity contribution in [2.75, 3.05) is 37.6 Å². The number of hydrogen-bond acceptors (Lipinski definition) is 7. The molecule has 1 aromatic heterocycles. The lowest BCUT2D eigenvalue weighted by Gasteiger charge is -2.36. The minimum Gasteiger partial charge on any atom is -0.367 e. The number of carbonyl (C=O) groups excluding carboxylic acids is 4. The fourth-order valence-corrected chi connectivity index (χ4v) is 4.37. The van der Waals surface area contributed by atoms with Gasteiger partial charge in [0.05, 0.1) is 29.6 Å². The molecule has 33 heavy (non-hydrogen) atoms.